The van der Waals surface area contributed by atoms with Crippen molar-refractivity contribution in [3.63, 3.8) is 0 Å². The number of likely N-dealkylation sites (tertiary alicyclic amines) is 1. The SMILES string of the molecule is CCN1C(=O)N[C@](C)([C@H]2CCCN(Cc3nnc(C4CC4)o3)C2)C1=O. The first-order valence-corrected chi connectivity index (χ1v) is 9.20. The molecule has 2 saturated heterocycles. The molecule has 3 heterocycles. The lowest BCUT2D eigenvalue weighted by Crippen LogP contribution is -2.55. The van der Waals surface area contributed by atoms with Crippen molar-refractivity contribution in [1.82, 2.24) is 25.3 Å². The predicted molar refractivity (Wildman–Crippen MR) is 88.6 cm³/mol. The van der Waals surface area contributed by atoms with E-state index in [-0.39, 0.29) is 17.9 Å². The van der Waals surface area contributed by atoms with Crippen molar-refractivity contribution in [2.24, 2.45) is 5.92 Å². The zero-order valence-electron chi connectivity index (χ0n) is 14.8. The Bertz CT molecular complexity index is 686. The van der Waals surface area contributed by atoms with E-state index >= 15 is 0 Å². The highest BCUT2D eigenvalue weighted by Gasteiger charge is 2.52. The van der Waals surface area contributed by atoms with Crippen LogP contribution in [-0.4, -0.2) is 57.1 Å². The fourth-order valence-corrected chi connectivity index (χ4v) is 3.97. The summed E-state index contributed by atoms with van der Waals surface area (Å²) in [6.07, 6.45) is 4.19. The molecule has 0 bridgehead atoms. The first-order chi connectivity index (χ1) is 12.0. The smallest absolute Gasteiger partial charge is 0.325 e. The van der Waals surface area contributed by atoms with Crippen LogP contribution in [0.4, 0.5) is 4.79 Å². The third-order valence-electron chi connectivity index (χ3n) is 5.71. The van der Waals surface area contributed by atoms with Crippen LogP contribution in [0.5, 0.6) is 0 Å². The molecule has 1 aliphatic carbocycles. The minimum Gasteiger partial charge on any atom is -0.424 e. The normalized spacial score (nSPS) is 30.8. The Morgan fingerprint density at radius 3 is 2.76 bits per heavy atom. The van der Waals surface area contributed by atoms with Gasteiger partial charge < -0.3 is 9.73 Å². The Balaban J connectivity index is 1.43. The molecule has 136 valence electrons. The number of nitrogens with one attached hydrogen (secondary N) is 1. The van der Waals surface area contributed by atoms with Gasteiger partial charge in [0.2, 0.25) is 11.8 Å². The first-order valence-electron chi connectivity index (χ1n) is 9.20. The Kier molecular flexibility index (Phi) is 4.02. The van der Waals surface area contributed by atoms with Crippen LogP contribution in [0.15, 0.2) is 4.42 Å². The molecule has 0 aromatic carbocycles. The zero-order valence-corrected chi connectivity index (χ0v) is 14.8. The van der Waals surface area contributed by atoms with Gasteiger partial charge >= 0.3 is 6.03 Å². The maximum Gasteiger partial charge on any atom is 0.325 e. The van der Waals surface area contributed by atoms with Gasteiger partial charge in [-0.1, -0.05) is 0 Å². The molecule has 1 saturated carbocycles. The fraction of sp³-hybridized carbons (Fsp3) is 0.765. The van der Waals surface area contributed by atoms with Crippen LogP contribution in [0.3, 0.4) is 0 Å². The summed E-state index contributed by atoms with van der Waals surface area (Å²) in [7, 11) is 0. The average molecular weight is 347 g/mol. The van der Waals surface area contributed by atoms with E-state index in [0.29, 0.717) is 24.9 Å². The van der Waals surface area contributed by atoms with E-state index in [9.17, 15) is 9.59 Å². The van der Waals surface area contributed by atoms with E-state index < -0.39 is 5.54 Å². The molecule has 2 atom stereocenters. The molecule has 4 rings (SSSR count). The summed E-state index contributed by atoms with van der Waals surface area (Å²) < 4.78 is 5.76. The number of imide groups is 1. The average Bonchev–Trinajstić information content (AvgIpc) is 3.30. The molecule has 3 aliphatic rings. The molecule has 0 spiro atoms. The lowest BCUT2D eigenvalue weighted by molar-refractivity contribution is -0.133. The lowest BCUT2D eigenvalue weighted by Gasteiger charge is -2.39. The van der Waals surface area contributed by atoms with Crippen LogP contribution in [0.25, 0.3) is 0 Å². The molecule has 1 aromatic rings. The molecule has 8 heteroatoms. The Morgan fingerprint density at radius 1 is 1.28 bits per heavy atom. The number of hydrogen-bond donors (Lipinski definition) is 1. The molecular weight excluding hydrogens is 322 g/mol. The molecule has 0 unspecified atom stereocenters. The van der Waals surface area contributed by atoms with Crippen molar-refractivity contribution >= 4 is 11.9 Å². The molecule has 8 nitrogen and oxygen atoms in total. The summed E-state index contributed by atoms with van der Waals surface area (Å²) in [5, 5.41) is 11.2. The van der Waals surface area contributed by atoms with Gasteiger partial charge in [-0.2, -0.15) is 0 Å². The zero-order chi connectivity index (χ0) is 17.6. The topological polar surface area (TPSA) is 91.6 Å². The summed E-state index contributed by atoms with van der Waals surface area (Å²) >= 11 is 0. The second kappa shape index (κ2) is 6.09. The van der Waals surface area contributed by atoms with E-state index in [1.807, 2.05) is 13.8 Å². The summed E-state index contributed by atoms with van der Waals surface area (Å²) in [4.78, 5) is 28.3. The Labute approximate surface area is 146 Å². The monoisotopic (exact) mass is 347 g/mol. The van der Waals surface area contributed by atoms with E-state index in [4.69, 9.17) is 4.42 Å². The highest BCUT2D eigenvalue weighted by atomic mass is 16.4. The number of likely N-dealkylation sites (N-methyl/N-ethyl adjacent to an activating group) is 1. The van der Waals surface area contributed by atoms with Crippen molar-refractivity contribution in [3.8, 4) is 0 Å². The number of piperidine rings is 1. The van der Waals surface area contributed by atoms with Gasteiger partial charge in [0.05, 0.1) is 6.54 Å². The molecular formula is C17H25N5O3. The Morgan fingerprint density at radius 2 is 2.08 bits per heavy atom. The number of carbonyl (C=O) groups excluding carboxylic acids is 2. The van der Waals surface area contributed by atoms with E-state index in [0.717, 1.165) is 44.7 Å². The molecule has 1 aromatic heterocycles. The van der Waals surface area contributed by atoms with Gasteiger partial charge in [0, 0.05) is 24.9 Å². The van der Waals surface area contributed by atoms with Gasteiger partial charge in [-0.3, -0.25) is 14.6 Å². The van der Waals surface area contributed by atoms with Crippen molar-refractivity contribution in [2.45, 2.75) is 57.5 Å². The summed E-state index contributed by atoms with van der Waals surface area (Å²) in [5.74, 6) is 1.83. The second-order valence-electron chi connectivity index (χ2n) is 7.56. The van der Waals surface area contributed by atoms with Crippen molar-refractivity contribution in [3.05, 3.63) is 11.8 Å². The van der Waals surface area contributed by atoms with E-state index in [1.54, 1.807) is 0 Å². The van der Waals surface area contributed by atoms with Crippen LogP contribution in [0.1, 0.15) is 57.2 Å². The summed E-state index contributed by atoms with van der Waals surface area (Å²) in [6, 6.07) is -0.280. The third kappa shape index (κ3) is 2.92. The number of amides is 3. The molecule has 0 radical (unpaired) electrons. The largest absolute Gasteiger partial charge is 0.424 e. The van der Waals surface area contributed by atoms with E-state index in [1.165, 1.54) is 4.90 Å². The molecule has 1 N–H and O–H groups in total. The van der Waals surface area contributed by atoms with Crippen LogP contribution in [-0.2, 0) is 11.3 Å². The van der Waals surface area contributed by atoms with Gasteiger partial charge in [-0.15, -0.1) is 10.2 Å². The Hall–Kier alpha value is -1.96. The van der Waals surface area contributed by atoms with Crippen molar-refractivity contribution < 1.29 is 14.0 Å². The van der Waals surface area contributed by atoms with Crippen LogP contribution in [0, 0.1) is 5.92 Å². The van der Waals surface area contributed by atoms with Gasteiger partial charge in [0.1, 0.15) is 5.54 Å². The lowest BCUT2D eigenvalue weighted by atomic mass is 9.80. The first kappa shape index (κ1) is 16.5. The molecule has 3 fully saturated rings. The maximum atomic E-state index is 12.7. The van der Waals surface area contributed by atoms with Crippen LogP contribution >= 0.6 is 0 Å². The minimum absolute atomic E-state index is 0.0834. The quantitative estimate of drug-likeness (QED) is 0.812. The number of rotatable bonds is 5. The highest BCUT2D eigenvalue weighted by Crippen LogP contribution is 2.39. The highest BCUT2D eigenvalue weighted by molar-refractivity contribution is 6.07. The summed E-state index contributed by atoms with van der Waals surface area (Å²) in [6.45, 7) is 6.36. The van der Waals surface area contributed by atoms with E-state index in [2.05, 4.69) is 20.4 Å². The van der Waals surface area contributed by atoms with Crippen molar-refractivity contribution in [2.75, 3.05) is 19.6 Å². The third-order valence-corrected chi connectivity index (χ3v) is 5.71. The fourth-order valence-electron chi connectivity index (χ4n) is 3.97. The number of nitrogens with zero attached hydrogens (tertiary/aromatic N) is 4. The molecule has 25 heavy (non-hydrogen) atoms. The van der Waals surface area contributed by atoms with Gasteiger partial charge in [0.15, 0.2) is 0 Å². The second-order valence-corrected chi connectivity index (χ2v) is 7.56. The van der Waals surface area contributed by atoms with Gasteiger partial charge in [-0.25, -0.2) is 4.79 Å². The number of urea groups is 1. The summed E-state index contributed by atoms with van der Waals surface area (Å²) in [5.41, 5.74) is -0.820. The molecule has 2 aliphatic heterocycles. The minimum atomic E-state index is -0.820. The number of carbonyl (C=O) groups is 2. The van der Waals surface area contributed by atoms with Crippen molar-refractivity contribution in [1.29, 1.82) is 0 Å². The standard InChI is InChI=1S/C17H25N5O3/c1-3-22-15(23)17(2,18-16(22)24)12-5-4-8-21(9-12)10-13-19-20-14(25-13)11-6-7-11/h11-12H,3-10H2,1-2H3,(H,18,24)/t12-,17+/m0/s1. The van der Waals surface area contributed by atoms with Crippen LogP contribution < -0.4 is 5.32 Å². The molecule has 3 amide bonds. The van der Waals surface area contributed by atoms with Gasteiger partial charge in [0.25, 0.3) is 5.91 Å². The number of aromatic nitrogens is 2. The number of hydrogen-bond acceptors (Lipinski definition) is 6. The maximum absolute atomic E-state index is 12.7. The van der Waals surface area contributed by atoms with Gasteiger partial charge in [-0.05, 0) is 46.1 Å². The van der Waals surface area contributed by atoms with Crippen LogP contribution in [0.2, 0.25) is 0 Å². The predicted octanol–water partition coefficient (Wildman–Crippen LogP) is 1.49.